The molecule has 120 valence electrons. The van der Waals surface area contributed by atoms with E-state index in [2.05, 4.69) is 29.0 Å². The van der Waals surface area contributed by atoms with Gasteiger partial charge < -0.3 is 15.5 Å². The van der Waals surface area contributed by atoms with Gasteiger partial charge in [-0.2, -0.15) is 0 Å². The Hall–Kier alpha value is -2.33. The van der Waals surface area contributed by atoms with Crippen molar-refractivity contribution in [2.45, 2.75) is 25.7 Å². The number of ether oxygens (including phenoxy) is 1. The van der Waals surface area contributed by atoms with E-state index in [1.54, 1.807) is 0 Å². The van der Waals surface area contributed by atoms with Crippen molar-refractivity contribution in [3.8, 4) is 5.75 Å². The number of fused-ring (bicyclic) bond motifs is 1. The number of nitrogens with two attached hydrogens (primary N) is 1. The van der Waals surface area contributed by atoms with Crippen LogP contribution >= 0.6 is 0 Å². The number of aromatic amines is 1. The summed E-state index contributed by atoms with van der Waals surface area (Å²) in [5.41, 5.74) is 9.28. The molecule has 0 aliphatic rings. The number of benzene rings is 2. The SMILES string of the molecule is CCCOc1ccc(CC(CN)c2nc3ccccc3[nH]2)cc1. The molecule has 2 aromatic carbocycles. The molecular formula is C19H23N3O. The van der Waals surface area contributed by atoms with Gasteiger partial charge in [0, 0.05) is 12.5 Å². The Labute approximate surface area is 136 Å². The van der Waals surface area contributed by atoms with Gasteiger partial charge in [-0.05, 0) is 42.7 Å². The van der Waals surface area contributed by atoms with E-state index in [9.17, 15) is 0 Å². The predicted octanol–water partition coefficient (Wildman–Crippen LogP) is 3.64. The van der Waals surface area contributed by atoms with Crippen LogP contribution in [0.2, 0.25) is 0 Å². The first-order valence-electron chi connectivity index (χ1n) is 8.16. The molecule has 0 aliphatic carbocycles. The summed E-state index contributed by atoms with van der Waals surface area (Å²) < 4.78 is 5.62. The van der Waals surface area contributed by atoms with Crippen molar-refractivity contribution in [1.82, 2.24) is 9.97 Å². The zero-order valence-corrected chi connectivity index (χ0v) is 13.5. The minimum atomic E-state index is 0.185. The number of hydrogen-bond donors (Lipinski definition) is 2. The molecule has 3 rings (SSSR count). The molecule has 4 heteroatoms. The number of para-hydroxylation sites is 2. The summed E-state index contributed by atoms with van der Waals surface area (Å²) in [5.74, 6) is 2.06. The van der Waals surface area contributed by atoms with Gasteiger partial charge in [0.15, 0.2) is 0 Å². The van der Waals surface area contributed by atoms with E-state index in [1.165, 1.54) is 5.56 Å². The van der Waals surface area contributed by atoms with Crippen molar-refractivity contribution in [1.29, 1.82) is 0 Å². The maximum atomic E-state index is 5.99. The monoisotopic (exact) mass is 309 g/mol. The van der Waals surface area contributed by atoms with E-state index in [0.29, 0.717) is 6.54 Å². The molecule has 0 aliphatic heterocycles. The molecule has 23 heavy (non-hydrogen) atoms. The highest BCUT2D eigenvalue weighted by Gasteiger charge is 2.15. The Morgan fingerprint density at radius 2 is 1.91 bits per heavy atom. The summed E-state index contributed by atoms with van der Waals surface area (Å²) in [4.78, 5) is 8.07. The fourth-order valence-corrected chi connectivity index (χ4v) is 2.68. The number of hydrogen-bond acceptors (Lipinski definition) is 3. The molecule has 4 nitrogen and oxygen atoms in total. The minimum Gasteiger partial charge on any atom is -0.494 e. The number of nitrogens with one attached hydrogen (secondary N) is 1. The zero-order valence-electron chi connectivity index (χ0n) is 13.5. The Bertz CT molecular complexity index is 716. The fraction of sp³-hybridized carbons (Fsp3) is 0.316. The molecule has 1 unspecified atom stereocenters. The number of H-pyrrole nitrogens is 1. The van der Waals surface area contributed by atoms with Crippen LogP contribution in [0.4, 0.5) is 0 Å². The summed E-state index contributed by atoms with van der Waals surface area (Å²) >= 11 is 0. The average Bonchev–Trinajstić information content (AvgIpc) is 3.02. The first-order chi connectivity index (χ1) is 11.3. The van der Waals surface area contributed by atoms with Crippen LogP contribution in [0, 0.1) is 0 Å². The first kappa shape index (κ1) is 15.6. The second-order valence-corrected chi connectivity index (χ2v) is 5.77. The molecule has 0 amide bonds. The minimum absolute atomic E-state index is 0.185. The molecule has 0 bridgehead atoms. The fourth-order valence-electron chi connectivity index (χ4n) is 2.68. The number of imidazole rings is 1. The third-order valence-electron chi connectivity index (χ3n) is 3.96. The lowest BCUT2D eigenvalue weighted by Crippen LogP contribution is -2.16. The van der Waals surface area contributed by atoms with E-state index in [0.717, 1.165) is 42.1 Å². The van der Waals surface area contributed by atoms with Crippen LogP contribution in [0.1, 0.15) is 30.7 Å². The number of rotatable bonds is 7. The lowest BCUT2D eigenvalue weighted by atomic mass is 9.99. The van der Waals surface area contributed by atoms with Gasteiger partial charge >= 0.3 is 0 Å². The van der Waals surface area contributed by atoms with Crippen molar-refractivity contribution < 1.29 is 4.74 Å². The molecule has 0 saturated carbocycles. The van der Waals surface area contributed by atoms with Gasteiger partial charge in [-0.25, -0.2) is 4.98 Å². The summed E-state index contributed by atoms with van der Waals surface area (Å²) in [7, 11) is 0. The van der Waals surface area contributed by atoms with Crippen molar-refractivity contribution in [3.05, 3.63) is 59.9 Å². The quantitative estimate of drug-likeness (QED) is 0.700. The third-order valence-corrected chi connectivity index (χ3v) is 3.96. The van der Waals surface area contributed by atoms with Crippen LogP contribution in [-0.2, 0) is 6.42 Å². The second kappa shape index (κ2) is 7.29. The lowest BCUT2D eigenvalue weighted by Gasteiger charge is -2.13. The number of aromatic nitrogens is 2. The zero-order chi connectivity index (χ0) is 16.1. The van der Waals surface area contributed by atoms with E-state index in [-0.39, 0.29) is 5.92 Å². The molecule has 1 atom stereocenters. The van der Waals surface area contributed by atoms with E-state index in [4.69, 9.17) is 10.5 Å². The van der Waals surface area contributed by atoms with Crippen LogP contribution in [0.3, 0.4) is 0 Å². The van der Waals surface area contributed by atoms with Crippen LogP contribution in [0.5, 0.6) is 5.75 Å². The van der Waals surface area contributed by atoms with Gasteiger partial charge in [0.25, 0.3) is 0 Å². The summed E-state index contributed by atoms with van der Waals surface area (Å²) in [6.07, 6.45) is 1.88. The lowest BCUT2D eigenvalue weighted by molar-refractivity contribution is 0.317. The average molecular weight is 309 g/mol. The molecule has 1 aromatic heterocycles. The molecule has 0 fully saturated rings. The Balaban J connectivity index is 1.73. The normalized spacial score (nSPS) is 12.4. The smallest absolute Gasteiger partial charge is 0.119 e. The van der Waals surface area contributed by atoms with Crippen LogP contribution in [0.15, 0.2) is 48.5 Å². The van der Waals surface area contributed by atoms with E-state index in [1.807, 2.05) is 36.4 Å². The van der Waals surface area contributed by atoms with Gasteiger partial charge in [-0.1, -0.05) is 31.2 Å². The summed E-state index contributed by atoms with van der Waals surface area (Å²) in [6, 6.07) is 16.3. The molecular weight excluding hydrogens is 286 g/mol. The van der Waals surface area contributed by atoms with E-state index < -0.39 is 0 Å². The van der Waals surface area contributed by atoms with Crippen LogP contribution in [-0.4, -0.2) is 23.1 Å². The topological polar surface area (TPSA) is 63.9 Å². The van der Waals surface area contributed by atoms with Gasteiger partial charge in [0.2, 0.25) is 0 Å². The van der Waals surface area contributed by atoms with Crippen molar-refractivity contribution in [3.63, 3.8) is 0 Å². The summed E-state index contributed by atoms with van der Waals surface area (Å²) in [6.45, 7) is 3.42. The highest BCUT2D eigenvalue weighted by Crippen LogP contribution is 2.22. The standard InChI is InChI=1S/C19H23N3O/c1-2-11-23-16-9-7-14(8-10-16)12-15(13-20)19-21-17-5-3-4-6-18(17)22-19/h3-10,15H,2,11-13,20H2,1H3,(H,21,22). The molecule has 3 N–H and O–H groups in total. The van der Waals surface area contributed by atoms with Crippen molar-refractivity contribution >= 4 is 11.0 Å². The third kappa shape index (κ3) is 3.71. The van der Waals surface area contributed by atoms with Crippen LogP contribution < -0.4 is 10.5 Å². The highest BCUT2D eigenvalue weighted by molar-refractivity contribution is 5.74. The molecule has 0 spiro atoms. The molecule has 0 radical (unpaired) electrons. The predicted molar refractivity (Wildman–Crippen MR) is 93.8 cm³/mol. The summed E-state index contributed by atoms with van der Waals surface area (Å²) in [5, 5.41) is 0. The highest BCUT2D eigenvalue weighted by atomic mass is 16.5. The van der Waals surface area contributed by atoms with Gasteiger partial charge in [-0.3, -0.25) is 0 Å². The van der Waals surface area contributed by atoms with Gasteiger partial charge in [0.1, 0.15) is 11.6 Å². The molecule has 3 aromatic rings. The Morgan fingerprint density at radius 1 is 1.13 bits per heavy atom. The maximum absolute atomic E-state index is 5.99. The van der Waals surface area contributed by atoms with Gasteiger partial charge in [0.05, 0.1) is 17.6 Å². The maximum Gasteiger partial charge on any atom is 0.119 e. The van der Waals surface area contributed by atoms with E-state index >= 15 is 0 Å². The first-order valence-corrected chi connectivity index (χ1v) is 8.16. The van der Waals surface area contributed by atoms with Gasteiger partial charge in [-0.15, -0.1) is 0 Å². The Morgan fingerprint density at radius 3 is 2.61 bits per heavy atom. The second-order valence-electron chi connectivity index (χ2n) is 5.77. The molecule has 1 heterocycles. The number of nitrogens with zero attached hydrogens (tertiary/aromatic N) is 1. The van der Waals surface area contributed by atoms with Crippen molar-refractivity contribution in [2.24, 2.45) is 5.73 Å². The molecule has 0 saturated heterocycles. The van der Waals surface area contributed by atoms with Crippen LogP contribution in [0.25, 0.3) is 11.0 Å². The van der Waals surface area contributed by atoms with Crippen molar-refractivity contribution in [2.75, 3.05) is 13.2 Å². The Kier molecular flexibility index (Phi) is 4.93. The largest absolute Gasteiger partial charge is 0.494 e.